The number of carbonyl (C=O) groups is 2. The maximum absolute atomic E-state index is 11.6. The van der Waals surface area contributed by atoms with Crippen molar-refractivity contribution in [1.82, 2.24) is 16.0 Å². The van der Waals surface area contributed by atoms with Gasteiger partial charge in [-0.15, -0.1) is 0 Å². The van der Waals surface area contributed by atoms with Crippen molar-refractivity contribution in [2.45, 2.75) is 37.8 Å². The SMILES string of the molecule is O=C(NC(=O)[C@H]1CCCN1)[C@H]1CCCN1. The molecule has 2 saturated heterocycles. The van der Waals surface area contributed by atoms with Crippen molar-refractivity contribution in [3.63, 3.8) is 0 Å². The van der Waals surface area contributed by atoms with Crippen LogP contribution in [-0.2, 0) is 9.59 Å². The van der Waals surface area contributed by atoms with Gasteiger partial charge in [-0.1, -0.05) is 0 Å². The molecule has 2 fully saturated rings. The number of amides is 2. The quantitative estimate of drug-likeness (QED) is 0.519. The van der Waals surface area contributed by atoms with Crippen LogP contribution in [0.1, 0.15) is 25.7 Å². The fourth-order valence-corrected chi connectivity index (χ4v) is 2.11. The van der Waals surface area contributed by atoms with E-state index in [1.807, 2.05) is 0 Å². The Morgan fingerprint density at radius 2 is 1.40 bits per heavy atom. The minimum atomic E-state index is -0.175. The van der Waals surface area contributed by atoms with E-state index >= 15 is 0 Å². The highest BCUT2D eigenvalue weighted by Crippen LogP contribution is 2.07. The number of imide groups is 1. The van der Waals surface area contributed by atoms with Crippen molar-refractivity contribution in [2.75, 3.05) is 13.1 Å². The van der Waals surface area contributed by atoms with Gasteiger partial charge in [0.15, 0.2) is 0 Å². The molecule has 0 bridgehead atoms. The van der Waals surface area contributed by atoms with Gasteiger partial charge in [0.2, 0.25) is 11.8 Å². The molecule has 2 aliphatic heterocycles. The smallest absolute Gasteiger partial charge is 0.243 e. The molecule has 3 N–H and O–H groups in total. The Morgan fingerprint density at radius 3 is 1.73 bits per heavy atom. The molecule has 84 valence electrons. The Balaban J connectivity index is 1.79. The molecule has 2 atom stereocenters. The molecule has 0 aliphatic carbocycles. The molecule has 15 heavy (non-hydrogen) atoms. The highest BCUT2D eigenvalue weighted by atomic mass is 16.2. The van der Waals surface area contributed by atoms with E-state index in [9.17, 15) is 9.59 Å². The average Bonchev–Trinajstić information content (AvgIpc) is 2.91. The van der Waals surface area contributed by atoms with Gasteiger partial charge in [-0.3, -0.25) is 14.9 Å². The highest BCUT2D eigenvalue weighted by Gasteiger charge is 2.27. The zero-order valence-corrected chi connectivity index (χ0v) is 8.71. The number of rotatable bonds is 2. The van der Waals surface area contributed by atoms with Crippen molar-refractivity contribution in [1.29, 1.82) is 0 Å². The normalized spacial score (nSPS) is 30.4. The second-order valence-corrected chi connectivity index (χ2v) is 4.15. The predicted molar refractivity (Wildman–Crippen MR) is 55.2 cm³/mol. The average molecular weight is 211 g/mol. The van der Waals surface area contributed by atoms with E-state index in [-0.39, 0.29) is 23.9 Å². The fraction of sp³-hybridized carbons (Fsp3) is 0.800. The van der Waals surface area contributed by atoms with E-state index in [4.69, 9.17) is 0 Å². The lowest BCUT2D eigenvalue weighted by molar-refractivity contribution is -0.132. The molecular formula is C10H17N3O2. The maximum atomic E-state index is 11.6. The van der Waals surface area contributed by atoms with Gasteiger partial charge in [0.1, 0.15) is 0 Å². The van der Waals surface area contributed by atoms with E-state index in [1.165, 1.54) is 0 Å². The van der Waals surface area contributed by atoms with Gasteiger partial charge in [-0.2, -0.15) is 0 Å². The summed E-state index contributed by atoms with van der Waals surface area (Å²) in [6.07, 6.45) is 3.68. The number of nitrogens with one attached hydrogen (secondary N) is 3. The van der Waals surface area contributed by atoms with Gasteiger partial charge < -0.3 is 10.6 Å². The Morgan fingerprint density at radius 1 is 0.933 bits per heavy atom. The molecule has 0 aromatic carbocycles. The Labute approximate surface area is 89.0 Å². The standard InChI is InChI=1S/C10H17N3O2/c14-9(7-3-1-5-11-7)13-10(15)8-4-2-6-12-8/h7-8,11-12H,1-6H2,(H,13,14,15)/t7-,8-/m1/s1. The maximum Gasteiger partial charge on any atom is 0.243 e. The van der Waals surface area contributed by atoms with Crippen LogP contribution in [0, 0.1) is 0 Å². The van der Waals surface area contributed by atoms with Crippen LogP contribution in [0.25, 0.3) is 0 Å². The number of hydrogen-bond donors (Lipinski definition) is 3. The zero-order valence-electron chi connectivity index (χ0n) is 8.71. The van der Waals surface area contributed by atoms with Crippen molar-refractivity contribution in [3.8, 4) is 0 Å². The van der Waals surface area contributed by atoms with Crippen molar-refractivity contribution in [2.24, 2.45) is 0 Å². The molecular weight excluding hydrogens is 194 g/mol. The van der Waals surface area contributed by atoms with Gasteiger partial charge in [0, 0.05) is 0 Å². The van der Waals surface area contributed by atoms with Crippen LogP contribution in [-0.4, -0.2) is 37.0 Å². The van der Waals surface area contributed by atoms with Crippen LogP contribution >= 0.6 is 0 Å². The third-order valence-electron chi connectivity index (χ3n) is 3.00. The predicted octanol–water partition coefficient (Wildman–Crippen LogP) is -0.867. The van der Waals surface area contributed by atoms with Crippen LogP contribution in [0.5, 0.6) is 0 Å². The van der Waals surface area contributed by atoms with Crippen LogP contribution < -0.4 is 16.0 Å². The first kappa shape index (κ1) is 10.6. The molecule has 2 rings (SSSR count). The molecule has 2 heterocycles. The van der Waals surface area contributed by atoms with E-state index in [0.29, 0.717) is 0 Å². The first-order valence-electron chi connectivity index (χ1n) is 5.59. The number of hydrogen-bond acceptors (Lipinski definition) is 4. The molecule has 0 spiro atoms. The first-order valence-corrected chi connectivity index (χ1v) is 5.59. The zero-order chi connectivity index (χ0) is 10.7. The van der Waals surface area contributed by atoms with Crippen LogP contribution in [0.2, 0.25) is 0 Å². The summed E-state index contributed by atoms with van der Waals surface area (Å²) in [6.45, 7) is 1.74. The Bertz CT molecular complexity index is 229. The summed E-state index contributed by atoms with van der Waals surface area (Å²) in [7, 11) is 0. The third kappa shape index (κ3) is 2.54. The summed E-state index contributed by atoms with van der Waals surface area (Å²) in [6, 6.07) is -0.342. The summed E-state index contributed by atoms with van der Waals surface area (Å²) in [5.41, 5.74) is 0. The van der Waals surface area contributed by atoms with E-state index in [0.717, 1.165) is 38.8 Å². The minimum Gasteiger partial charge on any atom is -0.306 e. The van der Waals surface area contributed by atoms with Gasteiger partial charge in [-0.25, -0.2) is 0 Å². The van der Waals surface area contributed by atoms with Gasteiger partial charge in [0.25, 0.3) is 0 Å². The van der Waals surface area contributed by atoms with Gasteiger partial charge in [-0.05, 0) is 38.8 Å². The molecule has 2 aliphatic rings. The highest BCUT2D eigenvalue weighted by molar-refractivity contribution is 6.00. The monoisotopic (exact) mass is 211 g/mol. The molecule has 0 aromatic heterocycles. The summed E-state index contributed by atoms with van der Waals surface area (Å²) in [5.74, 6) is -0.350. The van der Waals surface area contributed by atoms with Crippen LogP contribution in [0.3, 0.4) is 0 Å². The van der Waals surface area contributed by atoms with E-state index < -0.39 is 0 Å². The van der Waals surface area contributed by atoms with Crippen LogP contribution in [0.15, 0.2) is 0 Å². The first-order chi connectivity index (χ1) is 7.27. The van der Waals surface area contributed by atoms with Crippen molar-refractivity contribution in [3.05, 3.63) is 0 Å². The fourth-order valence-electron chi connectivity index (χ4n) is 2.11. The Kier molecular flexibility index (Phi) is 3.33. The number of carbonyl (C=O) groups excluding carboxylic acids is 2. The summed E-state index contributed by atoms with van der Waals surface area (Å²) in [5, 5.41) is 8.60. The second-order valence-electron chi connectivity index (χ2n) is 4.15. The van der Waals surface area contributed by atoms with Crippen molar-refractivity contribution < 1.29 is 9.59 Å². The summed E-state index contributed by atoms with van der Waals surface area (Å²) < 4.78 is 0. The van der Waals surface area contributed by atoms with Gasteiger partial charge in [0.05, 0.1) is 12.1 Å². The lowest BCUT2D eigenvalue weighted by Gasteiger charge is -2.13. The summed E-state index contributed by atoms with van der Waals surface area (Å²) in [4.78, 5) is 23.2. The second kappa shape index (κ2) is 4.72. The Hall–Kier alpha value is -0.940. The van der Waals surface area contributed by atoms with E-state index in [2.05, 4.69) is 16.0 Å². The molecule has 0 saturated carbocycles. The largest absolute Gasteiger partial charge is 0.306 e. The van der Waals surface area contributed by atoms with Gasteiger partial charge >= 0.3 is 0 Å². The molecule has 5 nitrogen and oxygen atoms in total. The molecule has 5 heteroatoms. The minimum absolute atomic E-state index is 0.171. The van der Waals surface area contributed by atoms with Crippen LogP contribution in [0.4, 0.5) is 0 Å². The molecule has 2 amide bonds. The van der Waals surface area contributed by atoms with Crippen molar-refractivity contribution >= 4 is 11.8 Å². The lowest BCUT2D eigenvalue weighted by atomic mass is 10.2. The third-order valence-corrected chi connectivity index (χ3v) is 3.00. The molecule has 0 radical (unpaired) electrons. The lowest BCUT2D eigenvalue weighted by Crippen LogP contribution is -2.49. The summed E-state index contributed by atoms with van der Waals surface area (Å²) >= 11 is 0. The van der Waals surface area contributed by atoms with E-state index in [1.54, 1.807) is 0 Å². The molecule has 0 aromatic rings. The molecule has 0 unspecified atom stereocenters. The topological polar surface area (TPSA) is 70.2 Å².